The Kier molecular flexibility index (Phi) is 152. The Bertz CT molecular complexity index is 8.00. The molecule has 0 N–H and O–H groups in total. The van der Waals surface area contributed by atoms with Gasteiger partial charge in [-0.2, -0.15) is 0 Å². The maximum Gasteiger partial charge on any atom is 0 e. The second-order valence-electron chi connectivity index (χ2n) is 0. The van der Waals surface area contributed by atoms with Crippen molar-refractivity contribution in [1.82, 2.24) is 0 Å². The first-order valence-electron chi connectivity index (χ1n) is 0. The van der Waals surface area contributed by atoms with E-state index in [1.54, 1.807) is 0 Å². The van der Waals surface area contributed by atoms with Crippen molar-refractivity contribution in [2.24, 2.45) is 0 Å². The van der Waals surface area contributed by atoms with Crippen LogP contribution >= 0.6 is 0 Å². The summed E-state index contributed by atoms with van der Waals surface area (Å²) >= 11 is 0. The molecule has 0 aliphatic rings. The molecular weight excluding hydrogens is 217 g/mol. The van der Waals surface area contributed by atoms with Gasteiger partial charge in [-0.05, 0) is 0 Å². The van der Waals surface area contributed by atoms with E-state index < -0.39 is 0 Å². The fourth-order valence-electron chi connectivity index (χ4n) is 0. The monoisotopic (exact) mass is 217 g/mol. The summed E-state index contributed by atoms with van der Waals surface area (Å²) in [6, 6.07) is 0. The number of hydrogen-bond acceptors (Lipinski definition) is 0. The smallest absolute Gasteiger partial charge is 0 e. The minimum absolute atomic E-state index is 0. The van der Waals surface area contributed by atoms with Gasteiger partial charge in [-0.3, -0.25) is 0 Å². The summed E-state index contributed by atoms with van der Waals surface area (Å²) in [5.41, 5.74) is 0. The van der Waals surface area contributed by atoms with Crippen LogP contribution in [0.1, 0.15) is 0 Å². The fraction of sp³-hybridized carbons (Fsp3) is 0. The van der Waals surface area contributed by atoms with Gasteiger partial charge in [-0.25, -0.2) is 0 Å². The van der Waals surface area contributed by atoms with Gasteiger partial charge < -0.3 is 0 Å². The molecule has 0 aromatic heterocycles. The Hall–Kier alpha value is 2.34. The van der Waals surface area contributed by atoms with Crippen molar-refractivity contribution in [2.75, 3.05) is 0 Å². The molecule has 0 saturated heterocycles. The summed E-state index contributed by atoms with van der Waals surface area (Å²) in [6.07, 6.45) is 0. The zero-order chi connectivity index (χ0) is 0. The first-order valence-corrected chi connectivity index (χ1v) is 0. The van der Waals surface area contributed by atoms with Crippen LogP contribution in [-0.4, -0.2) is 18.9 Å². The molecule has 0 aromatic carbocycles. The summed E-state index contributed by atoms with van der Waals surface area (Å²) < 4.78 is 0. The van der Waals surface area contributed by atoms with Gasteiger partial charge >= 0.3 is 0 Å². The Morgan fingerprint density at radius 2 is 1.00 bits per heavy atom. The van der Waals surface area contributed by atoms with Crippen LogP contribution in [0, 0.1) is 0 Å². The average Bonchev–Trinajstić information content (AvgIpc) is 0. The van der Waals surface area contributed by atoms with Crippen LogP contribution in [0.2, 0.25) is 0 Å². The van der Waals surface area contributed by atoms with Gasteiger partial charge in [0.2, 0.25) is 0 Å². The number of hydrogen-bond donors (Lipinski definition) is 0. The molecule has 0 rings (SSSR count). The van der Waals surface area contributed by atoms with Crippen LogP contribution in [0.5, 0.6) is 0 Å². The predicted molar refractivity (Wildman–Crippen MR) is 5.75 cm³/mol. The zero-order valence-corrected chi connectivity index (χ0v) is 6.32. The molecular formula is CoLiNbNi. The van der Waals surface area contributed by atoms with E-state index >= 15 is 0 Å². The van der Waals surface area contributed by atoms with Gasteiger partial charge in [0.1, 0.15) is 0 Å². The van der Waals surface area contributed by atoms with Crippen LogP contribution in [0.15, 0.2) is 0 Å². The van der Waals surface area contributed by atoms with E-state index in [1.807, 2.05) is 0 Å². The molecule has 0 nitrogen and oxygen atoms in total. The van der Waals surface area contributed by atoms with Gasteiger partial charge in [0.25, 0.3) is 0 Å². The largest absolute Gasteiger partial charge is 0 e. The molecule has 0 unspecified atom stereocenters. The Balaban J connectivity index is 0. The summed E-state index contributed by atoms with van der Waals surface area (Å²) in [5.74, 6) is 0. The summed E-state index contributed by atoms with van der Waals surface area (Å²) in [6.45, 7) is 0. The van der Waals surface area contributed by atoms with E-state index in [1.165, 1.54) is 0 Å². The maximum atomic E-state index is 0. The zero-order valence-electron chi connectivity index (χ0n) is 2.10. The van der Waals surface area contributed by atoms with Gasteiger partial charge in [-0.15, -0.1) is 0 Å². The van der Waals surface area contributed by atoms with Crippen LogP contribution in [0.4, 0.5) is 0 Å². The quantitative estimate of drug-likeness (QED) is 0.485. The van der Waals surface area contributed by atoms with Crippen LogP contribution in [-0.2, 0) is 55.7 Å². The van der Waals surface area contributed by atoms with Crippen molar-refractivity contribution >= 4 is 18.9 Å². The molecule has 4 heteroatoms. The fourth-order valence-corrected chi connectivity index (χ4v) is 0. The van der Waals surface area contributed by atoms with Crippen molar-refractivity contribution in [2.45, 2.75) is 0 Å². The molecule has 4 heavy (non-hydrogen) atoms. The van der Waals surface area contributed by atoms with Crippen molar-refractivity contribution in [1.29, 1.82) is 0 Å². The van der Waals surface area contributed by atoms with E-state index in [4.69, 9.17) is 0 Å². The topological polar surface area (TPSA) is 0 Å². The first kappa shape index (κ1) is 33.0. The summed E-state index contributed by atoms with van der Waals surface area (Å²) in [7, 11) is 0. The average molecular weight is 217 g/mol. The molecule has 0 aliphatic carbocycles. The first-order chi connectivity index (χ1) is 0. The molecule has 0 amide bonds. The van der Waals surface area contributed by atoms with Gasteiger partial charge in [-0.1, -0.05) is 0 Å². The minimum Gasteiger partial charge on any atom is 0 e. The molecule has 0 saturated carbocycles. The van der Waals surface area contributed by atoms with E-state index in [0.29, 0.717) is 0 Å². The third-order valence-electron chi connectivity index (χ3n) is 0. The molecule has 0 fully saturated rings. The van der Waals surface area contributed by atoms with Gasteiger partial charge in [0.15, 0.2) is 0 Å². The third kappa shape index (κ3) is 8.84. The Labute approximate surface area is 73.7 Å². The van der Waals surface area contributed by atoms with Crippen LogP contribution in [0.3, 0.4) is 0 Å². The Morgan fingerprint density at radius 1 is 1.00 bits per heavy atom. The molecule has 25 valence electrons. The molecule has 0 spiro atoms. The Morgan fingerprint density at radius 3 is 1.00 bits per heavy atom. The number of rotatable bonds is 0. The third-order valence-corrected chi connectivity index (χ3v) is 0. The summed E-state index contributed by atoms with van der Waals surface area (Å²) in [4.78, 5) is 0. The van der Waals surface area contributed by atoms with Gasteiger partial charge in [0.05, 0.1) is 0 Å². The SMILES string of the molecule is [Co].[Li].[Nb].[Ni]. The molecule has 0 heterocycles. The normalized spacial score (nSPS) is 0. The van der Waals surface area contributed by atoms with Crippen molar-refractivity contribution in [3.05, 3.63) is 0 Å². The van der Waals surface area contributed by atoms with E-state index in [0.717, 1.165) is 0 Å². The van der Waals surface area contributed by atoms with Crippen molar-refractivity contribution < 1.29 is 55.7 Å². The van der Waals surface area contributed by atoms with E-state index in [2.05, 4.69) is 0 Å². The minimum atomic E-state index is 0. The maximum absolute atomic E-state index is 0. The molecule has 0 atom stereocenters. The standard InChI is InChI=1S/Co.Li.Nb.Ni. The van der Waals surface area contributed by atoms with Gasteiger partial charge in [0, 0.05) is 74.5 Å². The van der Waals surface area contributed by atoms with Crippen molar-refractivity contribution in [3.8, 4) is 0 Å². The van der Waals surface area contributed by atoms with Crippen LogP contribution < -0.4 is 0 Å². The second-order valence-corrected chi connectivity index (χ2v) is 0. The molecule has 0 bridgehead atoms. The van der Waals surface area contributed by atoms with Crippen LogP contribution in [0.25, 0.3) is 0 Å². The predicted octanol–water partition coefficient (Wildman–Crippen LogP) is -0.388. The van der Waals surface area contributed by atoms with E-state index in [-0.39, 0.29) is 74.5 Å². The molecule has 0 aromatic rings. The molecule has 0 aliphatic heterocycles. The molecule has 3 radical (unpaired) electrons. The van der Waals surface area contributed by atoms with Crippen molar-refractivity contribution in [3.63, 3.8) is 0 Å². The summed E-state index contributed by atoms with van der Waals surface area (Å²) in [5, 5.41) is 0. The second kappa shape index (κ2) is 18.4. The van der Waals surface area contributed by atoms with E-state index in [9.17, 15) is 0 Å².